The highest BCUT2D eigenvalue weighted by Crippen LogP contribution is 2.21. The van der Waals surface area contributed by atoms with Gasteiger partial charge in [0.1, 0.15) is 54.3 Å². The lowest BCUT2D eigenvalue weighted by Crippen LogP contribution is -2.64. The number of aliphatic hydroxyl groups is 3. The van der Waals surface area contributed by atoms with Crippen molar-refractivity contribution in [2.45, 2.75) is 141 Å². The second-order valence-corrected chi connectivity index (χ2v) is 15.2. The molecule has 22 nitrogen and oxygen atoms in total. The fourth-order valence-corrected chi connectivity index (χ4v) is 5.96. The Bertz CT molecular complexity index is 1390. The molecule has 1 rings (SSSR count). The van der Waals surface area contributed by atoms with Gasteiger partial charge in [0.15, 0.2) is 6.10 Å². The van der Waals surface area contributed by atoms with Gasteiger partial charge in [0.2, 0.25) is 29.5 Å². The van der Waals surface area contributed by atoms with E-state index in [0.717, 1.165) is 0 Å². The molecule has 358 valence electrons. The normalized spacial score (nSPS) is 21.1. The average molecular weight is 892 g/mol. The fourth-order valence-electron chi connectivity index (χ4n) is 5.96. The molecule has 10 atom stereocenters. The van der Waals surface area contributed by atoms with Crippen molar-refractivity contribution in [3.8, 4) is 0 Å². The first-order valence-electron chi connectivity index (χ1n) is 21.4. The van der Waals surface area contributed by atoms with E-state index in [0.29, 0.717) is 59.1 Å². The van der Waals surface area contributed by atoms with Crippen LogP contribution >= 0.6 is 0 Å². The molecule has 0 aromatic rings. The Morgan fingerprint density at radius 3 is 1.63 bits per heavy atom. The van der Waals surface area contributed by atoms with E-state index in [1.807, 2.05) is 0 Å². The van der Waals surface area contributed by atoms with Crippen LogP contribution in [0.1, 0.15) is 80.6 Å². The molecule has 6 amide bonds. The number of carbonyl (C=O) groups excluding carboxylic acids is 7. The van der Waals surface area contributed by atoms with E-state index >= 15 is 0 Å². The van der Waals surface area contributed by atoms with Crippen molar-refractivity contribution in [2.24, 2.45) is 11.7 Å². The highest BCUT2D eigenvalue weighted by Gasteiger charge is 2.46. The van der Waals surface area contributed by atoms with Crippen molar-refractivity contribution in [2.75, 3.05) is 65.9 Å². The summed E-state index contributed by atoms with van der Waals surface area (Å²) in [7, 11) is 0. The van der Waals surface area contributed by atoms with Crippen molar-refractivity contribution < 1.29 is 72.6 Å². The smallest absolute Gasteiger partial charge is 0.252 e. The minimum Gasteiger partial charge on any atom is -0.388 e. The lowest BCUT2D eigenvalue weighted by Gasteiger charge is -2.39. The van der Waals surface area contributed by atoms with Crippen LogP contribution in [0.3, 0.4) is 0 Å². The number of rotatable bonds is 32. The van der Waals surface area contributed by atoms with Crippen LogP contribution in [0.15, 0.2) is 0 Å². The number of nitrogens with one attached hydrogen (secondary N) is 6. The highest BCUT2D eigenvalue weighted by atomic mass is 16.6. The third-order valence-electron chi connectivity index (χ3n) is 9.75. The SMILES string of the molecule is CCC[C@H](NC(=O)[C@H](CC)NC(=O)C1OC(CN)C(O)C(O)C1O)C(=O)N[C@H](C(=O)N[C@@H](CC)C(=O)N[C@@H](C)C(=O)NCCOCCOCCOCCOCCC(C)=O)C(C)C. The van der Waals surface area contributed by atoms with Crippen LogP contribution < -0.4 is 37.6 Å². The number of ketones is 1. The van der Waals surface area contributed by atoms with Gasteiger partial charge in [-0.3, -0.25) is 33.6 Å². The molecule has 0 saturated carbocycles. The molecule has 1 aliphatic heterocycles. The third-order valence-corrected chi connectivity index (χ3v) is 9.75. The van der Waals surface area contributed by atoms with E-state index in [9.17, 15) is 48.9 Å². The Hall–Kier alpha value is -3.87. The van der Waals surface area contributed by atoms with Gasteiger partial charge in [-0.2, -0.15) is 0 Å². The predicted molar refractivity (Wildman–Crippen MR) is 223 cm³/mol. The summed E-state index contributed by atoms with van der Waals surface area (Å²) in [6, 6.07) is -5.44. The van der Waals surface area contributed by atoms with Gasteiger partial charge in [0.25, 0.3) is 5.91 Å². The Labute approximate surface area is 364 Å². The summed E-state index contributed by atoms with van der Waals surface area (Å²) >= 11 is 0. The van der Waals surface area contributed by atoms with Crippen LogP contribution in [0.4, 0.5) is 0 Å². The summed E-state index contributed by atoms with van der Waals surface area (Å²) in [6.07, 6.45) is -6.60. The van der Waals surface area contributed by atoms with Crippen LogP contribution in [0.5, 0.6) is 0 Å². The zero-order chi connectivity index (χ0) is 46.8. The topological polar surface area (TPSA) is 325 Å². The highest BCUT2D eigenvalue weighted by molar-refractivity contribution is 5.96. The molecule has 0 spiro atoms. The molecule has 11 N–H and O–H groups in total. The van der Waals surface area contributed by atoms with Gasteiger partial charge in [-0.15, -0.1) is 0 Å². The summed E-state index contributed by atoms with van der Waals surface area (Å²) in [6.45, 7) is 14.1. The second-order valence-electron chi connectivity index (χ2n) is 15.2. The summed E-state index contributed by atoms with van der Waals surface area (Å²) in [5.41, 5.74) is 5.56. The zero-order valence-electron chi connectivity index (χ0n) is 37.3. The number of aliphatic hydroxyl groups excluding tert-OH is 3. The number of Topliss-reactive ketones (excluding diaryl/α,β-unsaturated/α-hetero) is 1. The van der Waals surface area contributed by atoms with E-state index in [-0.39, 0.29) is 44.7 Å². The van der Waals surface area contributed by atoms with Gasteiger partial charge < -0.3 is 76.6 Å². The number of hydrogen-bond acceptors (Lipinski definition) is 16. The molecule has 0 aliphatic carbocycles. The van der Waals surface area contributed by atoms with Gasteiger partial charge in [-0.1, -0.05) is 41.0 Å². The molecule has 1 aliphatic rings. The lowest BCUT2D eigenvalue weighted by atomic mass is 9.94. The number of ether oxygens (including phenoxy) is 5. The fraction of sp³-hybridized carbons (Fsp3) is 0.825. The zero-order valence-corrected chi connectivity index (χ0v) is 37.3. The van der Waals surface area contributed by atoms with E-state index in [1.165, 1.54) is 13.8 Å². The van der Waals surface area contributed by atoms with Crippen molar-refractivity contribution in [1.29, 1.82) is 0 Å². The van der Waals surface area contributed by atoms with Crippen molar-refractivity contribution in [3.05, 3.63) is 0 Å². The van der Waals surface area contributed by atoms with Crippen LogP contribution in [0, 0.1) is 5.92 Å². The van der Waals surface area contributed by atoms with E-state index in [1.54, 1.807) is 34.6 Å². The Morgan fingerprint density at radius 2 is 1.11 bits per heavy atom. The maximum atomic E-state index is 13.6. The molecule has 5 unspecified atom stereocenters. The summed E-state index contributed by atoms with van der Waals surface area (Å²) < 4.78 is 26.9. The molecule has 1 saturated heterocycles. The van der Waals surface area contributed by atoms with Crippen LogP contribution in [0.25, 0.3) is 0 Å². The van der Waals surface area contributed by atoms with Gasteiger partial charge in [-0.25, -0.2) is 0 Å². The molecule has 22 heteroatoms. The molecular formula is C40H73N7O15. The number of nitrogens with two attached hydrogens (primary N) is 1. The van der Waals surface area contributed by atoms with Gasteiger partial charge in [0.05, 0.1) is 59.0 Å². The molecule has 0 bridgehead atoms. The van der Waals surface area contributed by atoms with Gasteiger partial charge in [-0.05, 0) is 39.0 Å². The standard InChI is InChI=1S/C40H73N7O15/c1-8-11-28(46-37(54)27(10-3)45-40(57)34-33(51)32(50)31(49)29(22-41)62-34)38(55)47-30(23(4)5)39(56)44-26(9-2)36(53)43-25(7)35(52)42-13-15-59-17-19-61-21-20-60-18-16-58-14-12-24(6)48/h23,25-34,49-51H,8-22,41H2,1-7H3,(H,42,52)(H,43,53)(H,44,56)(H,45,57)(H,46,54)(H,47,55)/t25-,26-,27-,28-,29?,30-,31?,32?,33?,34?/m0/s1. The van der Waals surface area contributed by atoms with Crippen molar-refractivity contribution in [1.82, 2.24) is 31.9 Å². The monoisotopic (exact) mass is 892 g/mol. The van der Waals surface area contributed by atoms with Gasteiger partial charge >= 0.3 is 0 Å². The van der Waals surface area contributed by atoms with E-state index < -0.39 is 102 Å². The Balaban J connectivity index is 2.61. The van der Waals surface area contributed by atoms with Crippen molar-refractivity contribution >= 4 is 41.2 Å². The quantitative estimate of drug-likeness (QED) is 0.0296. The Morgan fingerprint density at radius 1 is 0.613 bits per heavy atom. The average Bonchev–Trinajstić information content (AvgIpc) is 3.23. The van der Waals surface area contributed by atoms with E-state index in [2.05, 4.69) is 31.9 Å². The second kappa shape index (κ2) is 31.1. The molecule has 0 aromatic carbocycles. The number of hydrogen-bond donors (Lipinski definition) is 10. The minimum absolute atomic E-state index is 0.0660. The largest absolute Gasteiger partial charge is 0.388 e. The van der Waals surface area contributed by atoms with Crippen LogP contribution in [0.2, 0.25) is 0 Å². The molecular weight excluding hydrogens is 818 g/mol. The van der Waals surface area contributed by atoms with Gasteiger partial charge in [0, 0.05) is 19.5 Å². The minimum atomic E-state index is -1.80. The first-order valence-corrected chi connectivity index (χ1v) is 21.4. The van der Waals surface area contributed by atoms with Crippen molar-refractivity contribution in [3.63, 3.8) is 0 Å². The lowest BCUT2D eigenvalue weighted by molar-refractivity contribution is -0.218. The van der Waals surface area contributed by atoms with Crippen LogP contribution in [-0.4, -0.2) is 183 Å². The molecule has 62 heavy (non-hydrogen) atoms. The molecule has 1 fully saturated rings. The Kier molecular flexibility index (Phi) is 28.1. The molecule has 1 heterocycles. The molecule has 0 aromatic heterocycles. The predicted octanol–water partition coefficient (Wildman–Crippen LogP) is -3.32. The maximum absolute atomic E-state index is 13.6. The van der Waals surface area contributed by atoms with Crippen LogP contribution in [-0.2, 0) is 57.2 Å². The first kappa shape index (κ1) is 56.1. The summed E-state index contributed by atoms with van der Waals surface area (Å²) in [5.74, 6) is -4.50. The van der Waals surface area contributed by atoms with E-state index in [4.69, 9.17) is 29.4 Å². The number of carbonyl (C=O) groups is 7. The number of amides is 6. The molecule has 0 radical (unpaired) electrons. The first-order chi connectivity index (χ1) is 29.4. The third kappa shape index (κ3) is 20.5. The maximum Gasteiger partial charge on any atom is 0.252 e. The summed E-state index contributed by atoms with van der Waals surface area (Å²) in [4.78, 5) is 90.1. The summed E-state index contributed by atoms with van der Waals surface area (Å²) in [5, 5.41) is 46.2.